The molecule has 5 nitrogen and oxygen atoms in total. The third-order valence-electron chi connectivity index (χ3n) is 1.45. The normalized spacial score (nSPS) is 10.2. The smallest absolute Gasteiger partial charge is 0.337 e. The molecule has 0 radical (unpaired) electrons. The van der Waals surface area contributed by atoms with Crippen LogP contribution in [-0.2, 0) is 10.0 Å². The minimum Gasteiger partial charge on any atom is -0.478 e. The predicted octanol–water partition coefficient (Wildman–Crippen LogP) is 1.18. The fraction of sp³-hybridized carbons (Fsp3) is 0.125. The van der Waals surface area contributed by atoms with Crippen molar-refractivity contribution in [2.75, 3.05) is 11.0 Å². The van der Waals surface area contributed by atoms with Gasteiger partial charge >= 0.3 is 5.97 Å². The summed E-state index contributed by atoms with van der Waals surface area (Å²) in [7, 11) is -3.45. The van der Waals surface area contributed by atoms with Gasteiger partial charge in [0.1, 0.15) is 0 Å². The van der Waals surface area contributed by atoms with Gasteiger partial charge in [-0.3, -0.25) is 4.72 Å². The first-order valence-corrected chi connectivity index (χ1v) is 5.59. The molecule has 0 unspecified atom stereocenters. The molecule has 0 bridgehead atoms. The Labute approximate surface area is 93.6 Å². The van der Waals surface area contributed by atoms with Crippen molar-refractivity contribution in [1.29, 1.82) is 0 Å². The number of carbonyl (C=O) groups is 1. The molecule has 0 spiro atoms. The average Bonchev–Trinajstić information content (AvgIpc) is 2.01. The Bertz CT molecular complexity index is 457. The second kappa shape index (κ2) is 4.99. The summed E-state index contributed by atoms with van der Waals surface area (Å²) in [6, 6.07) is 5.80. The Morgan fingerprint density at radius 1 is 1.33 bits per heavy atom. The van der Waals surface area contributed by atoms with E-state index < -0.39 is 16.0 Å². The first kappa shape index (κ1) is 13.7. The summed E-state index contributed by atoms with van der Waals surface area (Å²) in [5, 5.41) is 8.73. The molecule has 0 aliphatic rings. The largest absolute Gasteiger partial charge is 0.478 e. The monoisotopic (exact) mass is 251 g/mol. The van der Waals surface area contributed by atoms with Crippen LogP contribution in [0.15, 0.2) is 24.3 Å². The number of hydrogen-bond acceptors (Lipinski definition) is 3. The van der Waals surface area contributed by atoms with Crippen molar-refractivity contribution in [2.45, 2.75) is 0 Å². The number of aromatic carboxylic acids is 1. The van der Waals surface area contributed by atoms with Crippen molar-refractivity contribution in [1.82, 2.24) is 0 Å². The van der Waals surface area contributed by atoms with Crippen LogP contribution in [0.2, 0.25) is 0 Å². The van der Waals surface area contributed by atoms with E-state index in [0.717, 1.165) is 6.26 Å². The van der Waals surface area contributed by atoms with E-state index in [0.29, 0.717) is 0 Å². The molecule has 0 saturated carbocycles. The Morgan fingerprint density at radius 2 is 1.87 bits per heavy atom. The van der Waals surface area contributed by atoms with E-state index in [4.69, 9.17) is 5.11 Å². The Morgan fingerprint density at radius 3 is 2.33 bits per heavy atom. The summed E-state index contributed by atoms with van der Waals surface area (Å²) in [5.74, 6) is -1.17. The van der Waals surface area contributed by atoms with Gasteiger partial charge in [-0.2, -0.15) is 0 Å². The number of benzene rings is 1. The summed E-state index contributed by atoms with van der Waals surface area (Å²) in [6.45, 7) is 0. The van der Waals surface area contributed by atoms with Crippen LogP contribution in [0.3, 0.4) is 0 Å². The first-order valence-electron chi connectivity index (χ1n) is 3.70. The zero-order chi connectivity index (χ0) is 10.8. The number of sulfonamides is 1. The van der Waals surface area contributed by atoms with Crippen LogP contribution < -0.4 is 4.72 Å². The van der Waals surface area contributed by atoms with E-state index in [1.807, 2.05) is 0 Å². The number of halogens is 1. The third-order valence-corrected chi connectivity index (χ3v) is 2.04. The molecule has 0 aromatic heterocycles. The minimum atomic E-state index is -3.45. The van der Waals surface area contributed by atoms with E-state index in [2.05, 4.69) is 4.72 Å². The van der Waals surface area contributed by atoms with Crippen LogP contribution in [0.5, 0.6) is 0 Å². The van der Waals surface area contributed by atoms with E-state index in [1.165, 1.54) is 18.2 Å². The van der Waals surface area contributed by atoms with Crippen molar-refractivity contribution in [3.63, 3.8) is 0 Å². The van der Waals surface area contributed by atoms with Crippen molar-refractivity contribution < 1.29 is 18.3 Å². The molecule has 0 fully saturated rings. The van der Waals surface area contributed by atoms with Crippen LogP contribution >= 0.6 is 12.4 Å². The molecule has 15 heavy (non-hydrogen) atoms. The second-order valence-corrected chi connectivity index (χ2v) is 4.47. The van der Waals surface area contributed by atoms with Crippen LogP contribution in [0.4, 0.5) is 5.69 Å². The molecule has 0 saturated heterocycles. The zero-order valence-corrected chi connectivity index (χ0v) is 9.43. The summed E-state index contributed by atoms with van der Waals surface area (Å²) in [4.78, 5) is 10.7. The number of nitrogens with one attached hydrogen (secondary N) is 1. The maximum atomic E-state index is 10.9. The molecule has 1 rings (SSSR count). The Hall–Kier alpha value is -1.27. The summed E-state index contributed by atoms with van der Waals surface area (Å²) < 4.78 is 23.9. The molecule has 2 N–H and O–H groups in total. The number of anilines is 1. The van der Waals surface area contributed by atoms with Gasteiger partial charge in [-0.05, 0) is 12.1 Å². The number of hydrogen-bond donors (Lipinski definition) is 2. The standard InChI is InChI=1S/C8H9NO4S.ClH/c1-14(12,13)9-7-5-3-2-4-6(7)8(10)11;/h2-5,9H,1H3,(H,10,11);1H. The Kier molecular flexibility index (Phi) is 4.57. The minimum absolute atomic E-state index is 0. The number of para-hydroxylation sites is 1. The average molecular weight is 252 g/mol. The maximum Gasteiger partial charge on any atom is 0.337 e. The highest BCUT2D eigenvalue weighted by molar-refractivity contribution is 7.92. The number of carboxylic acid groups (broad SMARTS) is 1. The lowest BCUT2D eigenvalue weighted by atomic mass is 10.2. The van der Waals surface area contributed by atoms with Crippen LogP contribution in [0.25, 0.3) is 0 Å². The zero-order valence-electron chi connectivity index (χ0n) is 7.80. The molecule has 0 heterocycles. The van der Waals surface area contributed by atoms with Crippen molar-refractivity contribution in [3.8, 4) is 0 Å². The molecule has 1 aromatic rings. The van der Waals surface area contributed by atoms with Crippen LogP contribution in [0.1, 0.15) is 10.4 Å². The fourth-order valence-corrected chi connectivity index (χ4v) is 1.54. The lowest BCUT2D eigenvalue weighted by molar-refractivity contribution is 0.0698. The second-order valence-electron chi connectivity index (χ2n) is 2.72. The number of carboxylic acids is 1. The van der Waals surface area contributed by atoms with Crippen LogP contribution in [0, 0.1) is 0 Å². The molecule has 0 amide bonds. The van der Waals surface area contributed by atoms with Gasteiger partial charge in [0.05, 0.1) is 17.5 Å². The van der Waals surface area contributed by atoms with Crippen LogP contribution in [-0.4, -0.2) is 25.7 Å². The molecule has 84 valence electrons. The summed E-state index contributed by atoms with van der Waals surface area (Å²) in [5.41, 5.74) is 0.000394. The van der Waals surface area contributed by atoms with Gasteiger partial charge in [0.25, 0.3) is 0 Å². The van der Waals surface area contributed by atoms with Crippen molar-refractivity contribution >= 4 is 34.1 Å². The van der Waals surface area contributed by atoms with Gasteiger partial charge in [-0.25, -0.2) is 13.2 Å². The molecule has 0 aliphatic carbocycles. The highest BCUT2D eigenvalue weighted by Crippen LogP contribution is 2.15. The highest BCUT2D eigenvalue weighted by Gasteiger charge is 2.11. The van der Waals surface area contributed by atoms with Gasteiger partial charge in [0, 0.05) is 0 Å². The van der Waals surface area contributed by atoms with Gasteiger partial charge in [-0.15, -0.1) is 12.4 Å². The fourth-order valence-electron chi connectivity index (χ4n) is 0.958. The molecule has 0 aliphatic heterocycles. The van der Waals surface area contributed by atoms with Gasteiger partial charge in [0.15, 0.2) is 0 Å². The third kappa shape index (κ3) is 4.18. The van der Waals surface area contributed by atoms with Gasteiger partial charge in [-0.1, -0.05) is 12.1 Å². The topological polar surface area (TPSA) is 83.5 Å². The van der Waals surface area contributed by atoms with Gasteiger partial charge < -0.3 is 5.11 Å². The molecule has 7 heteroatoms. The quantitative estimate of drug-likeness (QED) is 0.845. The molecule has 0 atom stereocenters. The lowest BCUT2D eigenvalue weighted by Gasteiger charge is -2.06. The van der Waals surface area contributed by atoms with E-state index in [-0.39, 0.29) is 23.7 Å². The lowest BCUT2D eigenvalue weighted by Crippen LogP contribution is -2.12. The Balaban J connectivity index is 0.00000196. The SMILES string of the molecule is CS(=O)(=O)Nc1ccccc1C(=O)O.Cl. The number of rotatable bonds is 3. The maximum absolute atomic E-state index is 10.9. The molecule has 1 aromatic carbocycles. The summed E-state index contributed by atoms with van der Waals surface area (Å²) >= 11 is 0. The van der Waals surface area contributed by atoms with Crippen molar-refractivity contribution in [2.24, 2.45) is 0 Å². The van der Waals surface area contributed by atoms with E-state index >= 15 is 0 Å². The highest BCUT2D eigenvalue weighted by atomic mass is 35.5. The molecular weight excluding hydrogens is 242 g/mol. The van der Waals surface area contributed by atoms with E-state index in [1.54, 1.807) is 6.07 Å². The van der Waals surface area contributed by atoms with E-state index in [9.17, 15) is 13.2 Å². The summed E-state index contributed by atoms with van der Waals surface area (Å²) in [6.07, 6.45) is 0.964. The first-order chi connectivity index (χ1) is 6.40. The van der Waals surface area contributed by atoms with Crippen molar-refractivity contribution in [3.05, 3.63) is 29.8 Å². The van der Waals surface area contributed by atoms with Gasteiger partial charge in [0.2, 0.25) is 10.0 Å². The molecular formula is C8H10ClNO4S. The predicted molar refractivity (Wildman–Crippen MR) is 59.1 cm³/mol.